The number of halogens is 4. The number of hydrogen-bond donors (Lipinski definition) is 1. The highest BCUT2D eigenvalue weighted by Gasteiger charge is 2.38. The Hall–Kier alpha value is -1.83. The molecule has 0 unspecified atom stereocenters. The first kappa shape index (κ1) is 23.4. The molecule has 0 aliphatic carbocycles. The van der Waals surface area contributed by atoms with E-state index in [1.807, 2.05) is 0 Å². The fourth-order valence-electron chi connectivity index (χ4n) is 2.58. The Morgan fingerprint density at radius 3 is 2.21 bits per heavy atom. The summed E-state index contributed by atoms with van der Waals surface area (Å²) in [7, 11) is -2.12. The SMILES string of the molecule is CC(C)(C)[Si](C)(C)OCc1ccccc1-c1cc(Cl)c(C(=O)O)cc1C(F)(F)F. The molecule has 0 atom stereocenters. The molecule has 158 valence electrons. The van der Waals surface area contributed by atoms with Crippen LogP contribution in [0.2, 0.25) is 23.2 Å². The summed E-state index contributed by atoms with van der Waals surface area (Å²) in [6.45, 7) is 10.5. The molecule has 0 radical (unpaired) electrons. The number of aromatic carboxylic acids is 1. The first-order valence-electron chi connectivity index (χ1n) is 9.01. The Morgan fingerprint density at radius 1 is 1.10 bits per heavy atom. The van der Waals surface area contributed by atoms with Crippen molar-refractivity contribution in [2.75, 3.05) is 0 Å². The van der Waals surface area contributed by atoms with Gasteiger partial charge in [0.05, 0.1) is 22.8 Å². The van der Waals surface area contributed by atoms with Crippen molar-refractivity contribution < 1.29 is 27.5 Å². The van der Waals surface area contributed by atoms with E-state index in [1.165, 1.54) is 0 Å². The molecule has 0 bridgehead atoms. The lowest BCUT2D eigenvalue weighted by atomic mass is 9.93. The van der Waals surface area contributed by atoms with E-state index in [1.54, 1.807) is 24.3 Å². The molecule has 0 saturated heterocycles. The Balaban J connectivity index is 2.59. The van der Waals surface area contributed by atoms with Crippen LogP contribution in [-0.2, 0) is 17.2 Å². The van der Waals surface area contributed by atoms with Gasteiger partial charge >= 0.3 is 12.1 Å². The summed E-state index contributed by atoms with van der Waals surface area (Å²) in [5, 5.41) is 8.86. The van der Waals surface area contributed by atoms with E-state index in [9.17, 15) is 18.0 Å². The Labute approximate surface area is 174 Å². The summed E-state index contributed by atoms with van der Waals surface area (Å²) in [5.41, 5.74) is -0.891. The average molecular weight is 445 g/mol. The fraction of sp³-hybridized carbons (Fsp3) is 0.381. The predicted octanol–water partition coefficient (Wildman–Crippen LogP) is 7.25. The second-order valence-corrected chi connectivity index (χ2v) is 13.6. The molecule has 29 heavy (non-hydrogen) atoms. The first-order chi connectivity index (χ1) is 13.1. The van der Waals surface area contributed by atoms with Crippen molar-refractivity contribution >= 4 is 25.9 Å². The molecule has 0 fully saturated rings. The van der Waals surface area contributed by atoms with Crippen LogP contribution in [0.25, 0.3) is 11.1 Å². The van der Waals surface area contributed by atoms with Crippen LogP contribution < -0.4 is 0 Å². The number of benzene rings is 2. The van der Waals surface area contributed by atoms with Gasteiger partial charge in [0.25, 0.3) is 0 Å². The van der Waals surface area contributed by atoms with Gasteiger partial charge in [-0.2, -0.15) is 13.2 Å². The van der Waals surface area contributed by atoms with Crippen molar-refractivity contribution in [1.82, 2.24) is 0 Å². The van der Waals surface area contributed by atoms with E-state index in [0.29, 0.717) is 17.2 Å². The van der Waals surface area contributed by atoms with Crippen LogP contribution in [0.5, 0.6) is 0 Å². The number of carboxylic acid groups (broad SMARTS) is 1. The molecule has 1 N–H and O–H groups in total. The Kier molecular flexibility index (Phi) is 6.57. The standard InChI is InChI=1S/C21H24ClF3O3Si/c1-20(2,3)29(4,5)28-12-13-8-6-7-9-14(13)15-11-18(22)16(19(26)27)10-17(15)21(23,24)25/h6-11H,12H2,1-5H3,(H,26,27). The highest BCUT2D eigenvalue weighted by molar-refractivity contribution is 6.74. The number of carboxylic acids is 1. The maximum atomic E-state index is 13.7. The fourth-order valence-corrected chi connectivity index (χ4v) is 3.77. The van der Waals surface area contributed by atoms with Crippen molar-refractivity contribution in [2.45, 2.75) is 51.7 Å². The van der Waals surface area contributed by atoms with Crippen molar-refractivity contribution in [2.24, 2.45) is 0 Å². The van der Waals surface area contributed by atoms with Crippen molar-refractivity contribution in [3.63, 3.8) is 0 Å². The maximum Gasteiger partial charge on any atom is 0.417 e. The molecule has 0 aromatic heterocycles. The van der Waals surface area contributed by atoms with Crippen LogP contribution in [0.4, 0.5) is 13.2 Å². The number of hydrogen-bond acceptors (Lipinski definition) is 2. The van der Waals surface area contributed by atoms with Crippen LogP contribution in [-0.4, -0.2) is 19.4 Å². The third-order valence-electron chi connectivity index (χ3n) is 5.35. The molecule has 2 rings (SSSR count). The molecule has 0 aliphatic rings. The molecule has 0 saturated carbocycles. The van der Waals surface area contributed by atoms with Crippen molar-refractivity contribution in [3.05, 3.63) is 58.1 Å². The molecule has 0 amide bonds. The molecule has 0 heterocycles. The van der Waals surface area contributed by atoms with E-state index in [-0.39, 0.29) is 22.2 Å². The minimum atomic E-state index is -4.74. The maximum absolute atomic E-state index is 13.7. The lowest BCUT2D eigenvalue weighted by Gasteiger charge is -2.36. The second-order valence-electron chi connectivity index (χ2n) is 8.39. The summed E-state index contributed by atoms with van der Waals surface area (Å²) < 4.78 is 47.3. The number of carbonyl (C=O) groups is 1. The number of rotatable bonds is 5. The highest BCUT2D eigenvalue weighted by atomic mass is 35.5. The van der Waals surface area contributed by atoms with Gasteiger partial charge < -0.3 is 9.53 Å². The molecule has 0 aliphatic heterocycles. The van der Waals surface area contributed by atoms with Crippen LogP contribution >= 0.6 is 11.6 Å². The van der Waals surface area contributed by atoms with Crippen molar-refractivity contribution in [3.8, 4) is 11.1 Å². The van der Waals surface area contributed by atoms with Gasteiger partial charge in [0.2, 0.25) is 0 Å². The van der Waals surface area contributed by atoms with Gasteiger partial charge in [-0.05, 0) is 47.0 Å². The largest absolute Gasteiger partial charge is 0.478 e. The third kappa shape index (κ3) is 5.21. The summed E-state index contributed by atoms with van der Waals surface area (Å²) in [4.78, 5) is 11.3. The zero-order valence-electron chi connectivity index (χ0n) is 16.9. The molecule has 3 nitrogen and oxygen atoms in total. The predicted molar refractivity (Wildman–Crippen MR) is 111 cm³/mol. The van der Waals surface area contributed by atoms with Gasteiger partial charge in [0, 0.05) is 0 Å². The normalized spacial score (nSPS) is 12.9. The Morgan fingerprint density at radius 2 is 1.69 bits per heavy atom. The van der Waals surface area contributed by atoms with E-state index in [2.05, 4.69) is 33.9 Å². The molecule has 2 aromatic rings. The van der Waals surface area contributed by atoms with Gasteiger partial charge in [-0.3, -0.25) is 0 Å². The molecule has 8 heteroatoms. The summed E-state index contributed by atoms with van der Waals surface area (Å²) >= 11 is 5.99. The summed E-state index contributed by atoms with van der Waals surface area (Å²) in [5.74, 6) is -1.51. The van der Waals surface area contributed by atoms with Gasteiger partial charge in [0.15, 0.2) is 8.32 Å². The quantitative estimate of drug-likeness (QED) is 0.494. The van der Waals surface area contributed by atoms with Gasteiger partial charge in [-0.1, -0.05) is 56.6 Å². The van der Waals surface area contributed by atoms with Crippen LogP contribution in [0.1, 0.15) is 42.3 Å². The number of alkyl halides is 3. The van der Waals surface area contributed by atoms with Gasteiger partial charge in [0.1, 0.15) is 0 Å². The topological polar surface area (TPSA) is 46.5 Å². The molecule has 0 spiro atoms. The zero-order chi connectivity index (χ0) is 22.2. The summed E-state index contributed by atoms with van der Waals surface area (Å²) in [6, 6.07) is 8.29. The highest BCUT2D eigenvalue weighted by Crippen LogP contribution is 2.42. The molecular weight excluding hydrogens is 421 g/mol. The molecular formula is C21H24ClF3O3Si. The first-order valence-corrected chi connectivity index (χ1v) is 12.3. The zero-order valence-corrected chi connectivity index (χ0v) is 18.7. The molecule has 2 aromatic carbocycles. The Bertz CT molecular complexity index is 918. The second kappa shape index (κ2) is 8.12. The van der Waals surface area contributed by atoms with Gasteiger partial charge in [-0.25, -0.2) is 4.79 Å². The monoisotopic (exact) mass is 444 g/mol. The minimum absolute atomic E-state index is 0.0501. The summed E-state index contributed by atoms with van der Waals surface area (Å²) in [6.07, 6.45) is -4.74. The van der Waals surface area contributed by atoms with Crippen LogP contribution in [0.15, 0.2) is 36.4 Å². The minimum Gasteiger partial charge on any atom is -0.478 e. The lowest BCUT2D eigenvalue weighted by molar-refractivity contribution is -0.137. The van der Waals surface area contributed by atoms with E-state index in [4.69, 9.17) is 21.1 Å². The van der Waals surface area contributed by atoms with Crippen LogP contribution in [0, 0.1) is 0 Å². The smallest absolute Gasteiger partial charge is 0.417 e. The third-order valence-corrected chi connectivity index (χ3v) is 10.1. The van der Waals surface area contributed by atoms with E-state index < -0.39 is 31.6 Å². The van der Waals surface area contributed by atoms with E-state index in [0.717, 1.165) is 6.07 Å². The van der Waals surface area contributed by atoms with E-state index >= 15 is 0 Å². The average Bonchev–Trinajstić information content (AvgIpc) is 2.57. The van der Waals surface area contributed by atoms with Crippen LogP contribution in [0.3, 0.4) is 0 Å². The lowest BCUT2D eigenvalue weighted by Crippen LogP contribution is -2.40. The van der Waals surface area contributed by atoms with Gasteiger partial charge in [-0.15, -0.1) is 0 Å². The van der Waals surface area contributed by atoms with Crippen molar-refractivity contribution in [1.29, 1.82) is 0 Å².